The van der Waals surface area contributed by atoms with Gasteiger partial charge in [-0.15, -0.1) is 0 Å². The Bertz CT molecular complexity index is 865. The van der Waals surface area contributed by atoms with Gasteiger partial charge in [0.2, 0.25) is 5.89 Å². The van der Waals surface area contributed by atoms with E-state index in [1.165, 1.54) is 24.8 Å². The predicted octanol–water partition coefficient (Wildman–Crippen LogP) is 4.27. The van der Waals surface area contributed by atoms with Crippen LogP contribution >= 0.6 is 0 Å². The van der Waals surface area contributed by atoms with Crippen molar-refractivity contribution in [2.24, 2.45) is 4.99 Å². The van der Waals surface area contributed by atoms with Crippen molar-refractivity contribution >= 4 is 5.96 Å². The number of oxazole rings is 1. The average molecular weight is 429 g/mol. The monoisotopic (exact) mass is 428 g/mol. The molecule has 1 fully saturated rings. The normalized spacial score (nSPS) is 16.1. The highest BCUT2D eigenvalue weighted by molar-refractivity contribution is 5.79. The summed E-state index contributed by atoms with van der Waals surface area (Å²) in [5.41, 5.74) is 2.23. The summed E-state index contributed by atoms with van der Waals surface area (Å²) in [5.74, 6) is 3.80. The van der Waals surface area contributed by atoms with Gasteiger partial charge in [0.25, 0.3) is 0 Å². The molecular formula is C24H36N4O3. The maximum absolute atomic E-state index is 5.67. The van der Waals surface area contributed by atoms with E-state index in [1.807, 2.05) is 19.9 Å². The molecule has 0 spiro atoms. The molecular weight excluding hydrogens is 392 g/mol. The number of nitrogens with zero attached hydrogens (tertiary/aromatic N) is 2. The lowest BCUT2D eigenvalue weighted by Crippen LogP contribution is -2.46. The van der Waals surface area contributed by atoms with Gasteiger partial charge in [-0.3, -0.25) is 0 Å². The van der Waals surface area contributed by atoms with Gasteiger partial charge in [0.1, 0.15) is 12.3 Å². The molecule has 0 amide bonds. The fourth-order valence-corrected chi connectivity index (χ4v) is 4.31. The van der Waals surface area contributed by atoms with Crippen LogP contribution < -0.4 is 20.1 Å². The maximum Gasteiger partial charge on any atom is 0.216 e. The first-order valence-corrected chi connectivity index (χ1v) is 11.2. The highest BCUT2D eigenvalue weighted by atomic mass is 16.5. The second-order valence-electron chi connectivity index (χ2n) is 8.21. The lowest BCUT2D eigenvalue weighted by Gasteiger charge is -2.38. The van der Waals surface area contributed by atoms with Crippen LogP contribution in [0.2, 0.25) is 0 Å². The lowest BCUT2D eigenvalue weighted by molar-refractivity contribution is 0.288. The molecule has 1 saturated carbocycles. The fraction of sp³-hybridized carbons (Fsp3) is 0.583. The van der Waals surface area contributed by atoms with Crippen molar-refractivity contribution in [1.29, 1.82) is 0 Å². The van der Waals surface area contributed by atoms with Crippen LogP contribution in [0.3, 0.4) is 0 Å². The zero-order chi connectivity index (χ0) is 22.3. The van der Waals surface area contributed by atoms with Gasteiger partial charge < -0.3 is 24.5 Å². The molecule has 0 bridgehead atoms. The molecule has 2 N–H and O–H groups in total. The van der Waals surface area contributed by atoms with Crippen LogP contribution in [0.1, 0.15) is 61.9 Å². The van der Waals surface area contributed by atoms with Crippen molar-refractivity contribution in [3.05, 3.63) is 41.1 Å². The Morgan fingerprint density at radius 3 is 2.45 bits per heavy atom. The molecule has 3 rings (SSSR count). The Hall–Kier alpha value is -2.70. The van der Waals surface area contributed by atoms with Crippen molar-refractivity contribution < 1.29 is 13.9 Å². The minimum Gasteiger partial charge on any atom is -0.493 e. The van der Waals surface area contributed by atoms with Crippen LogP contribution in [0.4, 0.5) is 0 Å². The van der Waals surface area contributed by atoms with Crippen LogP contribution in [-0.4, -0.2) is 38.3 Å². The van der Waals surface area contributed by atoms with Crippen LogP contribution in [0.15, 0.2) is 27.6 Å². The van der Waals surface area contributed by atoms with E-state index >= 15 is 0 Å². The van der Waals surface area contributed by atoms with Crippen molar-refractivity contribution in [2.45, 2.75) is 64.8 Å². The number of guanidine groups is 1. The van der Waals surface area contributed by atoms with Crippen LogP contribution in [0, 0.1) is 13.8 Å². The molecule has 1 aromatic heterocycles. The first-order chi connectivity index (χ1) is 15.0. The summed E-state index contributed by atoms with van der Waals surface area (Å²) >= 11 is 0. The average Bonchev–Trinajstić information content (AvgIpc) is 3.12. The van der Waals surface area contributed by atoms with E-state index in [0.717, 1.165) is 54.8 Å². The third-order valence-electron chi connectivity index (χ3n) is 6.19. The number of rotatable bonds is 8. The maximum atomic E-state index is 5.67. The molecule has 0 unspecified atom stereocenters. The molecule has 0 atom stereocenters. The number of benzene rings is 1. The highest BCUT2D eigenvalue weighted by Crippen LogP contribution is 2.42. The first kappa shape index (κ1) is 23.0. The molecule has 1 aliphatic rings. The van der Waals surface area contributed by atoms with E-state index < -0.39 is 0 Å². The Labute approximate surface area is 185 Å². The first-order valence-electron chi connectivity index (χ1n) is 11.2. The summed E-state index contributed by atoms with van der Waals surface area (Å²) in [6, 6.07) is 6.32. The largest absolute Gasteiger partial charge is 0.493 e. The number of hydrogen-bond donors (Lipinski definition) is 2. The Morgan fingerprint density at radius 1 is 1.10 bits per heavy atom. The second kappa shape index (κ2) is 10.6. The number of methoxy groups -OCH3 is 2. The number of aryl methyl sites for hydroxylation is 2. The van der Waals surface area contributed by atoms with Gasteiger partial charge >= 0.3 is 0 Å². The van der Waals surface area contributed by atoms with Crippen LogP contribution in [0.5, 0.6) is 11.5 Å². The van der Waals surface area contributed by atoms with Gasteiger partial charge in [-0.1, -0.05) is 25.3 Å². The number of ether oxygens (including phenoxy) is 2. The molecule has 0 radical (unpaired) electrons. The molecule has 7 nitrogen and oxygen atoms in total. The van der Waals surface area contributed by atoms with Gasteiger partial charge in [0, 0.05) is 18.5 Å². The van der Waals surface area contributed by atoms with E-state index in [-0.39, 0.29) is 5.41 Å². The quantitative estimate of drug-likeness (QED) is 0.483. The standard InChI is InChI=1S/C24H36N4O3/c1-6-25-23(26-15-22-28-17(2)18(3)31-22)27-16-24(12-8-7-9-13-24)19-10-11-20(29-4)21(14-19)30-5/h10-11,14H,6-9,12-13,15-16H2,1-5H3,(H2,25,26,27). The second-order valence-corrected chi connectivity index (χ2v) is 8.21. The third-order valence-corrected chi connectivity index (χ3v) is 6.19. The summed E-state index contributed by atoms with van der Waals surface area (Å²) in [5, 5.41) is 6.93. The summed E-state index contributed by atoms with van der Waals surface area (Å²) in [6.45, 7) is 7.95. The SMILES string of the molecule is CCNC(=NCc1nc(C)c(C)o1)NCC1(c2ccc(OC)c(OC)c2)CCCCC1. The smallest absolute Gasteiger partial charge is 0.216 e. The molecule has 1 aromatic carbocycles. The zero-order valence-electron chi connectivity index (χ0n) is 19.5. The van der Waals surface area contributed by atoms with Crippen LogP contribution in [-0.2, 0) is 12.0 Å². The topological polar surface area (TPSA) is 80.9 Å². The predicted molar refractivity (Wildman–Crippen MR) is 123 cm³/mol. The molecule has 2 aromatic rings. The van der Waals surface area contributed by atoms with Gasteiger partial charge in [0.15, 0.2) is 17.5 Å². The number of hydrogen-bond acceptors (Lipinski definition) is 5. The van der Waals surface area contributed by atoms with E-state index in [1.54, 1.807) is 14.2 Å². The Kier molecular flexibility index (Phi) is 7.82. The van der Waals surface area contributed by atoms with E-state index in [0.29, 0.717) is 12.4 Å². The molecule has 1 aliphatic carbocycles. The van der Waals surface area contributed by atoms with Crippen molar-refractivity contribution in [3.8, 4) is 11.5 Å². The van der Waals surface area contributed by atoms with Gasteiger partial charge in [-0.25, -0.2) is 9.98 Å². The summed E-state index contributed by atoms with van der Waals surface area (Å²) in [6.07, 6.45) is 5.99. The van der Waals surface area contributed by atoms with E-state index in [2.05, 4.69) is 34.7 Å². The number of aromatic nitrogens is 1. The third kappa shape index (κ3) is 5.51. The molecule has 1 heterocycles. The summed E-state index contributed by atoms with van der Waals surface area (Å²) in [4.78, 5) is 9.14. The molecule has 7 heteroatoms. The number of aliphatic imine (C=N–C) groups is 1. The van der Waals surface area contributed by atoms with Crippen molar-refractivity contribution in [1.82, 2.24) is 15.6 Å². The molecule has 0 aliphatic heterocycles. The Balaban J connectivity index is 1.79. The van der Waals surface area contributed by atoms with Crippen molar-refractivity contribution in [2.75, 3.05) is 27.3 Å². The van der Waals surface area contributed by atoms with Gasteiger partial charge in [-0.2, -0.15) is 0 Å². The van der Waals surface area contributed by atoms with E-state index in [4.69, 9.17) is 18.9 Å². The molecule has 0 saturated heterocycles. The fourth-order valence-electron chi connectivity index (χ4n) is 4.31. The summed E-state index contributed by atoms with van der Waals surface area (Å²) < 4.78 is 16.7. The Morgan fingerprint density at radius 2 is 1.84 bits per heavy atom. The highest BCUT2D eigenvalue weighted by Gasteiger charge is 2.34. The van der Waals surface area contributed by atoms with Gasteiger partial charge in [-0.05, 0) is 51.3 Å². The zero-order valence-corrected chi connectivity index (χ0v) is 19.5. The van der Waals surface area contributed by atoms with E-state index in [9.17, 15) is 0 Å². The van der Waals surface area contributed by atoms with Gasteiger partial charge in [0.05, 0.1) is 19.9 Å². The number of nitrogens with one attached hydrogen (secondary N) is 2. The minimum atomic E-state index is 0.0318. The summed E-state index contributed by atoms with van der Waals surface area (Å²) in [7, 11) is 3.36. The minimum absolute atomic E-state index is 0.0318. The lowest BCUT2D eigenvalue weighted by atomic mass is 9.69. The van der Waals surface area contributed by atoms with Crippen molar-refractivity contribution in [3.63, 3.8) is 0 Å². The van der Waals surface area contributed by atoms with Crippen LogP contribution in [0.25, 0.3) is 0 Å². The molecule has 170 valence electrons. The molecule has 31 heavy (non-hydrogen) atoms.